The number of aliphatic carboxylic acids is 1. The summed E-state index contributed by atoms with van der Waals surface area (Å²) in [5.74, 6) is 0.741. The van der Waals surface area contributed by atoms with Crippen LogP contribution in [0.1, 0.15) is 46.0 Å². The Labute approximate surface area is 85.7 Å². The van der Waals surface area contributed by atoms with Gasteiger partial charge in [0.25, 0.3) is 0 Å². The molecule has 2 fully saturated rings. The Hall–Kier alpha value is -0.530. The lowest BCUT2D eigenvalue weighted by Gasteiger charge is -2.35. The van der Waals surface area contributed by atoms with Crippen LogP contribution in [0.2, 0.25) is 0 Å². The van der Waals surface area contributed by atoms with E-state index in [9.17, 15) is 4.79 Å². The lowest BCUT2D eigenvalue weighted by atomic mass is 9.70. The summed E-state index contributed by atoms with van der Waals surface area (Å²) in [7, 11) is 0. The first kappa shape index (κ1) is 10.0. The highest BCUT2D eigenvalue weighted by Crippen LogP contribution is 2.65. The summed E-state index contributed by atoms with van der Waals surface area (Å²) in [6.07, 6.45) is 5.91. The summed E-state index contributed by atoms with van der Waals surface area (Å²) in [6.45, 7) is 4.49. The standard InChI is InChI=1S/C12H20O2/c1-8(2)9-5-3-4-6-12(9)7-10(12)11(13)14/h8-10H,3-7H2,1-2H3,(H,13,14). The van der Waals surface area contributed by atoms with Crippen LogP contribution in [0.25, 0.3) is 0 Å². The number of hydrogen-bond donors (Lipinski definition) is 1. The molecule has 0 bridgehead atoms. The molecular weight excluding hydrogens is 176 g/mol. The summed E-state index contributed by atoms with van der Waals surface area (Å²) < 4.78 is 0. The van der Waals surface area contributed by atoms with E-state index in [-0.39, 0.29) is 11.3 Å². The van der Waals surface area contributed by atoms with E-state index in [2.05, 4.69) is 13.8 Å². The zero-order valence-electron chi connectivity index (χ0n) is 9.12. The van der Waals surface area contributed by atoms with E-state index in [1.807, 2.05) is 0 Å². The van der Waals surface area contributed by atoms with Crippen LogP contribution in [0.15, 0.2) is 0 Å². The highest BCUT2D eigenvalue weighted by atomic mass is 16.4. The zero-order valence-corrected chi connectivity index (χ0v) is 9.12. The Bertz CT molecular complexity index is 247. The van der Waals surface area contributed by atoms with Gasteiger partial charge in [-0.05, 0) is 36.5 Å². The summed E-state index contributed by atoms with van der Waals surface area (Å²) >= 11 is 0. The summed E-state index contributed by atoms with van der Waals surface area (Å²) in [6, 6.07) is 0. The van der Waals surface area contributed by atoms with Crippen molar-refractivity contribution in [2.45, 2.75) is 46.0 Å². The van der Waals surface area contributed by atoms with Crippen LogP contribution in [0.3, 0.4) is 0 Å². The van der Waals surface area contributed by atoms with Crippen molar-refractivity contribution in [2.75, 3.05) is 0 Å². The van der Waals surface area contributed by atoms with E-state index in [0.717, 1.165) is 12.8 Å². The summed E-state index contributed by atoms with van der Waals surface area (Å²) in [4.78, 5) is 11.0. The molecule has 1 N–H and O–H groups in total. The highest BCUT2D eigenvalue weighted by Gasteiger charge is 2.62. The van der Waals surface area contributed by atoms with Crippen LogP contribution in [-0.2, 0) is 4.79 Å². The molecule has 2 aliphatic rings. The van der Waals surface area contributed by atoms with Crippen LogP contribution in [0.5, 0.6) is 0 Å². The maximum absolute atomic E-state index is 11.0. The SMILES string of the molecule is CC(C)C1CCCCC12CC2C(=O)O. The van der Waals surface area contributed by atoms with Crippen molar-refractivity contribution in [2.24, 2.45) is 23.2 Å². The Morgan fingerprint density at radius 1 is 1.43 bits per heavy atom. The van der Waals surface area contributed by atoms with Gasteiger partial charge < -0.3 is 5.11 Å². The zero-order chi connectivity index (χ0) is 10.3. The smallest absolute Gasteiger partial charge is 0.307 e. The third-order valence-electron chi connectivity index (χ3n) is 4.37. The van der Waals surface area contributed by atoms with Gasteiger partial charge in [-0.1, -0.05) is 26.7 Å². The Balaban J connectivity index is 2.13. The summed E-state index contributed by atoms with van der Waals surface area (Å²) in [5.41, 5.74) is 0.207. The van der Waals surface area contributed by atoms with E-state index in [1.54, 1.807) is 0 Å². The lowest BCUT2D eigenvalue weighted by molar-refractivity contribution is -0.140. The predicted molar refractivity (Wildman–Crippen MR) is 55.0 cm³/mol. The van der Waals surface area contributed by atoms with Gasteiger partial charge in [-0.25, -0.2) is 0 Å². The fraction of sp³-hybridized carbons (Fsp3) is 0.917. The van der Waals surface area contributed by atoms with Crippen LogP contribution >= 0.6 is 0 Å². The molecule has 0 aromatic rings. The quantitative estimate of drug-likeness (QED) is 0.737. The van der Waals surface area contributed by atoms with Crippen LogP contribution in [-0.4, -0.2) is 11.1 Å². The second-order valence-corrected chi connectivity index (χ2v) is 5.42. The molecule has 14 heavy (non-hydrogen) atoms. The normalized spacial score (nSPS) is 41.6. The first-order chi connectivity index (χ1) is 6.58. The molecule has 2 aliphatic carbocycles. The monoisotopic (exact) mass is 196 g/mol. The van der Waals surface area contributed by atoms with Crippen molar-refractivity contribution in [3.63, 3.8) is 0 Å². The second kappa shape index (κ2) is 3.25. The molecule has 0 radical (unpaired) electrons. The first-order valence-electron chi connectivity index (χ1n) is 5.81. The number of carboxylic acids is 1. The fourth-order valence-corrected chi connectivity index (χ4v) is 3.63. The molecule has 0 saturated heterocycles. The molecule has 0 aromatic heterocycles. The van der Waals surface area contributed by atoms with Gasteiger partial charge in [0.2, 0.25) is 0 Å². The first-order valence-corrected chi connectivity index (χ1v) is 5.81. The summed E-state index contributed by atoms with van der Waals surface area (Å²) in [5, 5.41) is 9.07. The van der Waals surface area contributed by atoms with Gasteiger partial charge in [-0.3, -0.25) is 4.79 Å². The molecule has 3 unspecified atom stereocenters. The number of carbonyl (C=O) groups is 1. The molecule has 1 spiro atoms. The molecule has 2 saturated carbocycles. The largest absolute Gasteiger partial charge is 0.481 e. The van der Waals surface area contributed by atoms with E-state index >= 15 is 0 Å². The van der Waals surface area contributed by atoms with Crippen molar-refractivity contribution >= 4 is 5.97 Å². The van der Waals surface area contributed by atoms with E-state index in [0.29, 0.717) is 11.8 Å². The molecule has 3 atom stereocenters. The molecule has 2 rings (SSSR count). The van der Waals surface area contributed by atoms with E-state index in [4.69, 9.17) is 5.11 Å². The van der Waals surface area contributed by atoms with Gasteiger partial charge in [0, 0.05) is 0 Å². The molecule has 0 aliphatic heterocycles. The van der Waals surface area contributed by atoms with Gasteiger partial charge in [0.05, 0.1) is 5.92 Å². The van der Waals surface area contributed by atoms with Crippen LogP contribution in [0, 0.1) is 23.2 Å². The Kier molecular flexibility index (Phi) is 2.32. The van der Waals surface area contributed by atoms with Crippen molar-refractivity contribution in [3.05, 3.63) is 0 Å². The minimum absolute atomic E-state index is 0.0183. The molecule has 80 valence electrons. The van der Waals surface area contributed by atoms with E-state index in [1.165, 1.54) is 19.3 Å². The van der Waals surface area contributed by atoms with Crippen LogP contribution in [0.4, 0.5) is 0 Å². The van der Waals surface area contributed by atoms with Gasteiger partial charge >= 0.3 is 5.97 Å². The fourth-order valence-electron chi connectivity index (χ4n) is 3.63. The van der Waals surface area contributed by atoms with Crippen molar-refractivity contribution in [3.8, 4) is 0 Å². The topological polar surface area (TPSA) is 37.3 Å². The predicted octanol–water partition coefficient (Wildman–Crippen LogP) is 2.92. The number of hydrogen-bond acceptors (Lipinski definition) is 1. The van der Waals surface area contributed by atoms with Gasteiger partial charge in [0.15, 0.2) is 0 Å². The van der Waals surface area contributed by atoms with Crippen molar-refractivity contribution in [1.29, 1.82) is 0 Å². The minimum Gasteiger partial charge on any atom is -0.481 e. The molecule has 2 heteroatoms. The average molecular weight is 196 g/mol. The molecule has 0 heterocycles. The average Bonchev–Trinajstić information content (AvgIpc) is 2.80. The van der Waals surface area contributed by atoms with Gasteiger partial charge in [-0.15, -0.1) is 0 Å². The Morgan fingerprint density at radius 3 is 2.64 bits per heavy atom. The molecule has 0 aromatic carbocycles. The van der Waals surface area contributed by atoms with E-state index < -0.39 is 5.97 Å². The lowest BCUT2D eigenvalue weighted by Crippen LogP contribution is -2.28. The van der Waals surface area contributed by atoms with Gasteiger partial charge in [-0.2, -0.15) is 0 Å². The molecule has 2 nitrogen and oxygen atoms in total. The Morgan fingerprint density at radius 2 is 2.14 bits per heavy atom. The third-order valence-corrected chi connectivity index (χ3v) is 4.37. The van der Waals surface area contributed by atoms with Gasteiger partial charge in [0.1, 0.15) is 0 Å². The van der Waals surface area contributed by atoms with Crippen molar-refractivity contribution in [1.82, 2.24) is 0 Å². The minimum atomic E-state index is -0.558. The van der Waals surface area contributed by atoms with Crippen molar-refractivity contribution < 1.29 is 9.90 Å². The third kappa shape index (κ3) is 1.35. The number of carboxylic acid groups (broad SMARTS) is 1. The van der Waals surface area contributed by atoms with Crippen LogP contribution < -0.4 is 0 Å². The highest BCUT2D eigenvalue weighted by molar-refractivity contribution is 5.75. The maximum atomic E-state index is 11.0. The molecule has 0 amide bonds. The molecular formula is C12H20O2. The maximum Gasteiger partial charge on any atom is 0.307 e. The number of rotatable bonds is 2. The second-order valence-electron chi connectivity index (χ2n) is 5.42.